The highest BCUT2D eigenvalue weighted by Gasteiger charge is 2.12. The monoisotopic (exact) mass is 362 g/mol. The van der Waals surface area contributed by atoms with Crippen LogP contribution in [0.2, 0.25) is 5.02 Å². The van der Waals surface area contributed by atoms with Crippen LogP contribution in [-0.2, 0) is 4.74 Å². The average molecular weight is 363 g/mol. The third-order valence-electron chi connectivity index (χ3n) is 3.27. The molecule has 23 heavy (non-hydrogen) atoms. The Bertz CT molecular complexity index is 456. The molecule has 4 nitrogen and oxygen atoms in total. The predicted octanol–water partition coefficient (Wildman–Crippen LogP) is 4.52. The maximum atomic E-state index is 12.0. The van der Waals surface area contributed by atoms with Crippen LogP contribution < -0.4 is 10.6 Å². The van der Waals surface area contributed by atoms with Crippen molar-refractivity contribution < 1.29 is 9.53 Å². The lowest BCUT2D eigenvalue weighted by Gasteiger charge is -2.10. The lowest BCUT2D eigenvalue weighted by molar-refractivity contribution is 0.0509. The number of rotatable bonds is 11. The average Bonchev–Trinajstić information content (AvgIpc) is 2.51. The van der Waals surface area contributed by atoms with Gasteiger partial charge >= 0.3 is 5.97 Å². The van der Waals surface area contributed by atoms with E-state index in [9.17, 15) is 4.79 Å². The van der Waals surface area contributed by atoms with Crippen LogP contribution >= 0.6 is 24.0 Å². The fraction of sp³-hybridized carbons (Fsp3) is 0.588. The first kappa shape index (κ1) is 22.0. The van der Waals surface area contributed by atoms with Gasteiger partial charge in [0.25, 0.3) is 0 Å². The number of carbonyl (C=O) groups is 1. The molecule has 0 radical (unpaired) electrons. The standard InChI is InChI=1S/C17H27ClN2O2.ClH/c1-3-5-9-19-11-12-22-17(21)15-8-7-14(13-16(15)18)20-10-6-4-2;/h7-8,13,19-20H,3-6,9-12H2,1-2H3;1H. The molecule has 2 N–H and O–H groups in total. The van der Waals surface area contributed by atoms with E-state index in [1.807, 2.05) is 6.07 Å². The van der Waals surface area contributed by atoms with Gasteiger partial charge < -0.3 is 15.4 Å². The van der Waals surface area contributed by atoms with Crippen molar-refractivity contribution in [3.05, 3.63) is 28.8 Å². The van der Waals surface area contributed by atoms with Gasteiger partial charge in [-0.2, -0.15) is 0 Å². The molecular weight excluding hydrogens is 335 g/mol. The first-order valence-electron chi connectivity index (χ1n) is 8.10. The molecule has 0 unspecified atom stereocenters. The number of benzene rings is 1. The van der Waals surface area contributed by atoms with Crippen molar-refractivity contribution in [3.8, 4) is 0 Å². The van der Waals surface area contributed by atoms with E-state index in [-0.39, 0.29) is 18.4 Å². The van der Waals surface area contributed by atoms with E-state index in [1.54, 1.807) is 12.1 Å². The van der Waals surface area contributed by atoms with Gasteiger partial charge in [0.15, 0.2) is 0 Å². The van der Waals surface area contributed by atoms with Crippen molar-refractivity contribution in [1.29, 1.82) is 0 Å². The molecule has 0 atom stereocenters. The summed E-state index contributed by atoms with van der Waals surface area (Å²) < 4.78 is 5.22. The van der Waals surface area contributed by atoms with E-state index in [4.69, 9.17) is 16.3 Å². The summed E-state index contributed by atoms with van der Waals surface area (Å²) >= 11 is 6.16. The topological polar surface area (TPSA) is 50.4 Å². The van der Waals surface area contributed by atoms with E-state index in [1.165, 1.54) is 0 Å². The summed E-state index contributed by atoms with van der Waals surface area (Å²) in [5.41, 5.74) is 1.34. The molecule has 0 fully saturated rings. The molecule has 0 amide bonds. The quantitative estimate of drug-likeness (QED) is 0.448. The minimum Gasteiger partial charge on any atom is -0.461 e. The number of anilines is 1. The zero-order valence-corrected chi connectivity index (χ0v) is 15.6. The Kier molecular flexibility index (Phi) is 12.9. The van der Waals surface area contributed by atoms with Crippen LogP contribution in [0.1, 0.15) is 49.9 Å². The molecule has 0 aliphatic rings. The van der Waals surface area contributed by atoms with Gasteiger partial charge in [0.1, 0.15) is 6.61 Å². The van der Waals surface area contributed by atoms with Gasteiger partial charge in [-0.25, -0.2) is 4.79 Å². The van der Waals surface area contributed by atoms with Crippen molar-refractivity contribution in [2.24, 2.45) is 0 Å². The van der Waals surface area contributed by atoms with Gasteiger partial charge in [-0.05, 0) is 37.6 Å². The summed E-state index contributed by atoms with van der Waals surface area (Å²) in [4.78, 5) is 12.0. The third-order valence-corrected chi connectivity index (χ3v) is 3.58. The molecule has 0 saturated carbocycles. The van der Waals surface area contributed by atoms with Crippen molar-refractivity contribution in [2.75, 3.05) is 31.6 Å². The maximum Gasteiger partial charge on any atom is 0.339 e. The fourth-order valence-electron chi connectivity index (χ4n) is 1.92. The lowest BCUT2D eigenvalue weighted by Crippen LogP contribution is -2.22. The number of halogens is 2. The molecular formula is C17H28Cl2N2O2. The molecule has 6 heteroatoms. The Morgan fingerprint density at radius 2 is 1.83 bits per heavy atom. The highest BCUT2D eigenvalue weighted by molar-refractivity contribution is 6.33. The molecule has 1 aromatic carbocycles. The lowest BCUT2D eigenvalue weighted by atomic mass is 10.2. The van der Waals surface area contributed by atoms with Crippen LogP contribution in [0.4, 0.5) is 5.69 Å². The summed E-state index contributed by atoms with van der Waals surface area (Å²) in [7, 11) is 0. The smallest absolute Gasteiger partial charge is 0.339 e. The molecule has 0 bridgehead atoms. The molecule has 0 spiro atoms. The number of unbranched alkanes of at least 4 members (excludes halogenated alkanes) is 2. The first-order chi connectivity index (χ1) is 10.7. The van der Waals surface area contributed by atoms with Crippen LogP contribution in [0.25, 0.3) is 0 Å². The van der Waals surface area contributed by atoms with E-state index < -0.39 is 0 Å². The molecule has 132 valence electrons. The molecule has 1 rings (SSSR count). The van der Waals surface area contributed by atoms with Gasteiger partial charge in [0, 0.05) is 18.8 Å². The second-order valence-corrected chi connectivity index (χ2v) is 5.62. The van der Waals surface area contributed by atoms with Gasteiger partial charge in [-0.3, -0.25) is 0 Å². The highest BCUT2D eigenvalue weighted by atomic mass is 35.5. The van der Waals surface area contributed by atoms with Crippen molar-refractivity contribution in [3.63, 3.8) is 0 Å². The Morgan fingerprint density at radius 3 is 2.48 bits per heavy atom. The van der Waals surface area contributed by atoms with Crippen LogP contribution in [0, 0.1) is 0 Å². The minimum atomic E-state index is -0.373. The second kappa shape index (κ2) is 13.5. The number of ether oxygens (including phenoxy) is 1. The van der Waals surface area contributed by atoms with Crippen LogP contribution in [0.3, 0.4) is 0 Å². The van der Waals surface area contributed by atoms with Gasteiger partial charge in [-0.15, -0.1) is 12.4 Å². The van der Waals surface area contributed by atoms with Crippen molar-refractivity contribution >= 4 is 35.7 Å². The number of nitrogens with one attached hydrogen (secondary N) is 2. The normalized spacial score (nSPS) is 10.0. The Morgan fingerprint density at radius 1 is 1.13 bits per heavy atom. The van der Waals surface area contributed by atoms with Gasteiger partial charge in [0.2, 0.25) is 0 Å². The van der Waals surface area contributed by atoms with E-state index in [0.717, 1.165) is 44.5 Å². The molecule has 0 heterocycles. The molecule has 0 aliphatic carbocycles. The molecule has 0 aromatic heterocycles. The third kappa shape index (κ3) is 9.04. The Hall–Kier alpha value is -0.970. The van der Waals surface area contributed by atoms with E-state index in [0.29, 0.717) is 23.7 Å². The summed E-state index contributed by atoms with van der Waals surface area (Å²) in [6.45, 7) is 7.16. The fourth-order valence-corrected chi connectivity index (χ4v) is 2.18. The molecule has 1 aromatic rings. The largest absolute Gasteiger partial charge is 0.461 e. The summed E-state index contributed by atoms with van der Waals surface area (Å²) in [6, 6.07) is 5.34. The number of esters is 1. The summed E-state index contributed by atoms with van der Waals surface area (Å²) in [5, 5.41) is 6.92. The van der Waals surface area contributed by atoms with Gasteiger partial charge in [0.05, 0.1) is 10.6 Å². The summed E-state index contributed by atoms with van der Waals surface area (Å²) in [5.74, 6) is -0.373. The maximum absolute atomic E-state index is 12.0. The van der Waals surface area contributed by atoms with E-state index >= 15 is 0 Å². The van der Waals surface area contributed by atoms with E-state index in [2.05, 4.69) is 24.5 Å². The van der Waals surface area contributed by atoms with Gasteiger partial charge in [-0.1, -0.05) is 38.3 Å². The van der Waals surface area contributed by atoms with Crippen molar-refractivity contribution in [2.45, 2.75) is 39.5 Å². The van der Waals surface area contributed by atoms with Crippen LogP contribution in [-0.4, -0.2) is 32.2 Å². The Balaban J connectivity index is 0.00000484. The number of hydrogen-bond donors (Lipinski definition) is 2. The van der Waals surface area contributed by atoms with Crippen LogP contribution in [0.15, 0.2) is 18.2 Å². The number of hydrogen-bond acceptors (Lipinski definition) is 4. The second-order valence-electron chi connectivity index (χ2n) is 5.21. The summed E-state index contributed by atoms with van der Waals surface area (Å²) in [6.07, 6.45) is 4.52. The minimum absolute atomic E-state index is 0. The highest BCUT2D eigenvalue weighted by Crippen LogP contribution is 2.21. The molecule has 0 aliphatic heterocycles. The van der Waals surface area contributed by atoms with Crippen molar-refractivity contribution in [1.82, 2.24) is 5.32 Å². The Labute approximate surface area is 150 Å². The van der Waals surface area contributed by atoms with Crippen LogP contribution in [0.5, 0.6) is 0 Å². The molecule has 0 saturated heterocycles. The zero-order chi connectivity index (χ0) is 16.2. The first-order valence-corrected chi connectivity index (χ1v) is 8.48. The predicted molar refractivity (Wildman–Crippen MR) is 100 cm³/mol. The zero-order valence-electron chi connectivity index (χ0n) is 14.0. The SMILES string of the molecule is CCCCNCCOC(=O)c1ccc(NCCCC)cc1Cl.Cl. The number of carbonyl (C=O) groups excluding carboxylic acids is 1.